The number of nitrogens with one attached hydrogen (secondary N) is 2. The first-order chi connectivity index (χ1) is 9.83. The van der Waals surface area contributed by atoms with Gasteiger partial charge in [-0.1, -0.05) is 0 Å². The standard InChI is InChI=1S/C14H16N4O2/c19-14(13-10-15-7-9-20-13)17-11-2-4-12(5-3-11)18-8-1-6-16-18/h1-6,8,13,15H,7,9-10H2,(H,17,19). The normalized spacial score (nSPS) is 18.7. The van der Waals surface area contributed by atoms with Crippen LogP contribution >= 0.6 is 0 Å². The van der Waals surface area contributed by atoms with Gasteiger partial charge < -0.3 is 15.4 Å². The third-order valence-corrected chi connectivity index (χ3v) is 3.12. The highest BCUT2D eigenvalue weighted by Gasteiger charge is 2.21. The average Bonchev–Trinajstić information content (AvgIpc) is 3.03. The Labute approximate surface area is 116 Å². The van der Waals surface area contributed by atoms with Gasteiger partial charge in [0, 0.05) is 31.2 Å². The molecule has 0 aliphatic carbocycles. The fourth-order valence-electron chi connectivity index (χ4n) is 2.08. The smallest absolute Gasteiger partial charge is 0.254 e. The van der Waals surface area contributed by atoms with Crippen LogP contribution in [0.5, 0.6) is 0 Å². The van der Waals surface area contributed by atoms with E-state index >= 15 is 0 Å². The van der Waals surface area contributed by atoms with Gasteiger partial charge in [0.25, 0.3) is 5.91 Å². The van der Waals surface area contributed by atoms with E-state index in [1.54, 1.807) is 10.9 Å². The van der Waals surface area contributed by atoms with Gasteiger partial charge in [-0.25, -0.2) is 4.68 Å². The van der Waals surface area contributed by atoms with Crippen LogP contribution in [0.3, 0.4) is 0 Å². The molecule has 1 unspecified atom stereocenters. The number of morpholine rings is 1. The zero-order valence-corrected chi connectivity index (χ0v) is 11.0. The first-order valence-corrected chi connectivity index (χ1v) is 6.56. The molecule has 1 aliphatic rings. The highest BCUT2D eigenvalue weighted by Crippen LogP contribution is 2.13. The van der Waals surface area contributed by atoms with Crippen LogP contribution in [0.25, 0.3) is 5.69 Å². The summed E-state index contributed by atoms with van der Waals surface area (Å²) in [5.74, 6) is -0.121. The van der Waals surface area contributed by atoms with E-state index in [4.69, 9.17) is 4.74 Å². The van der Waals surface area contributed by atoms with Gasteiger partial charge in [0.05, 0.1) is 12.3 Å². The summed E-state index contributed by atoms with van der Waals surface area (Å²) in [6.07, 6.45) is 3.17. The topological polar surface area (TPSA) is 68.2 Å². The molecule has 6 nitrogen and oxygen atoms in total. The number of amides is 1. The molecule has 1 fully saturated rings. The Kier molecular flexibility index (Phi) is 3.76. The Bertz CT molecular complexity index is 559. The lowest BCUT2D eigenvalue weighted by Crippen LogP contribution is -2.45. The van der Waals surface area contributed by atoms with Gasteiger partial charge in [0.15, 0.2) is 0 Å². The minimum Gasteiger partial charge on any atom is -0.366 e. The molecule has 1 amide bonds. The van der Waals surface area contributed by atoms with Crippen LogP contribution in [0, 0.1) is 0 Å². The van der Waals surface area contributed by atoms with Gasteiger partial charge in [0.2, 0.25) is 0 Å². The number of carbonyl (C=O) groups excluding carboxylic acids is 1. The SMILES string of the molecule is O=C(Nc1ccc(-n2cccn2)cc1)C1CNCCO1. The molecule has 0 bridgehead atoms. The van der Waals surface area contributed by atoms with E-state index in [1.165, 1.54) is 0 Å². The van der Waals surface area contributed by atoms with Crippen molar-refractivity contribution in [3.05, 3.63) is 42.7 Å². The maximum Gasteiger partial charge on any atom is 0.254 e. The summed E-state index contributed by atoms with van der Waals surface area (Å²) in [5, 5.41) is 10.1. The molecule has 1 aliphatic heterocycles. The molecule has 2 N–H and O–H groups in total. The molecule has 20 heavy (non-hydrogen) atoms. The second kappa shape index (κ2) is 5.85. The van der Waals surface area contributed by atoms with E-state index in [2.05, 4.69) is 15.7 Å². The number of benzene rings is 1. The maximum absolute atomic E-state index is 12.0. The minimum absolute atomic E-state index is 0.121. The van der Waals surface area contributed by atoms with E-state index in [0.29, 0.717) is 13.2 Å². The summed E-state index contributed by atoms with van der Waals surface area (Å²) in [6.45, 7) is 1.91. The number of nitrogens with zero attached hydrogens (tertiary/aromatic N) is 2. The molecule has 6 heteroatoms. The third-order valence-electron chi connectivity index (χ3n) is 3.12. The van der Waals surface area contributed by atoms with Crippen molar-refractivity contribution in [2.75, 3.05) is 25.0 Å². The fraction of sp³-hybridized carbons (Fsp3) is 0.286. The quantitative estimate of drug-likeness (QED) is 0.867. The molecule has 3 rings (SSSR count). The predicted molar refractivity (Wildman–Crippen MR) is 74.8 cm³/mol. The van der Waals surface area contributed by atoms with Gasteiger partial charge >= 0.3 is 0 Å². The number of hydrogen-bond donors (Lipinski definition) is 2. The molecule has 0 radical (unpaired) electrons. The molecule has 1 aromatic carbocycles. The summed E-state index contributed by atoms with van der Waals surface area (Å²) in [4.78, 5) is 12.0. The summed E-state index contributed by atoms with van der Waals surface area (Å²) in [5.41, 5.74) is 1.70. The zero-order valence-electron chi connectivity index (χ0n) is 11.0. The van der Waals surface area contributed by atoms with E-state index in [-0.39, 0.29) is 5.91 Å². The number of ether oxygens (including phenoxy) is 1. The second-order valence-corrected chi connectivity index (χ2v) is 4.55. The maximum atomic E-state index is 12.0. The van der Waals surface area contributed by atoms with Crippen LogP contribution in [-0.4, -0.2) is 41.5 Å². The summed E-state index contributed by atoms with van der Waals surface area (Å²) in [7, 11) is 0. The largest absolute Gasteiger partial charge is 0.366 e. The molecule has 0 saturated carbocycles. The van der Waals surface area contributed by atoms with Crippen LogP contribution < -0.4 is 10.6 Å². The van der Waals surface area contributed by atoms with Crippen molar-refractivity contribution in [2.24, 2.45) is 0 Å². The Morgan fingerprint density at radius 1 is 1.40 bits per heavy atom. The minimum atomic E-state index is -0.422. The van der Waals surface area contributed by atoms with Gasteiger partial charge in [-0.15, -0.1) is 0 Å². The summed E-state index contributed by atoms with van der Waals surface area (Å²) in [6, 6.07) is 9.38. The molecule has 104 valence electrons. The van der Waals surface area contributed by atoms with Gasteiger partial charge in [0.1, 0.15) is 6.10 Å². The lowest BCUT2D eigenvalue weighted by atomic mass is 10.2. The third kappa shape index (κ3) is 2.87. The first-order valence-electron chi connectivity index (χ1n) is 6.56. The van der Waals surface area contributed by atoms with Crippen LogP contribution in [0.4, 0.5) is 5.69 Å². The van der Waals surface area contributed by atoms with Crippen molar-refractivity contribution in [1.82, 2.24) is 15.1 Å². The number of rotatable bonds is 3. The Balaban J connectivity index is 1.64. The lowest BCUT2D eigenvalue weighted by Gasteiger charge is -2.22. The zero-order chi connectivity index (χ0) is 13.8. The molecule has 1 atom stereocenters. The van der Waals surface area contributed by atoms with Crippen LogP contribution in [0.2, 0.25) is 0 Å². The van der Waals surface area contributed by atoms with Crippen molar-refractivity contribution in [3.63, 3.8) is 0 Å². The second-order valence-electron chi connectivity index (χ2n) is 4.55. The Morgan fingerprint density at radius 3 is 2.90 bits per heavy atom. The average molecular weight is 272 g/mol. The van der Waals surface area contributed by atoms with Crippen LogP contribution in [0.1, 0.15) is 0 Å². The molecule has 1 saturated heterocycles. The highest BCUT2D eigenvalue weighted by atomic mass is 16.5. The molecular weight excluding hydrogens is 256 g/mol. The van der Waals surface area contributed by atoms with E-state index < -0.39 is 6.10 Å². The first kappa shape index (κ1) is 12.8. The fourth-order valence-corrected chi connectivity index (χ4v) is 2.08. The predicted octanol–water partition coefficient (Wildman–Crippen LogP) is 0.799. The lowest BCUT2D eigenvalue weighted by molar-refractivity contribution is -0.128. The van der Waals surface area contributed by atoms with Crippen molar-refractivity contribution in [1.29, 1.82) is 0 Å². The van der Waals surface area contributed by atoms with E-state index in [1.807, 2.05) is 36.5 Å². The summed E-state index contributed by atoms with van der Waals surface area (Å²) < 4.78 is 7.17. The molecule has 2 aromatic rings. The van der Waals surface area contributed by atoms with Gasteiger partial charge in [-0.3, -0.25) is 4.79 Å². The van der Waals surface area contributed by atoms with Crippen LogP contribution in [0.15, 0.2) is 42.7 Å². The summed E-state index contributed by atoms with van der Waals surface area (Å²) >= 11 is 0. The Morgan fingerprint density at radius 2 is 2.25 bits per heavy atom. The highest BCUT2D eigenvalue weighted by molar-refractivity contribution is 5.94. The van der Waals surface area contributed by atoms with Crippen molar-refractivity contribution in [3.8, 4) is 5.69 Å². The molecule has 2 heterocycles. The Hall–Kier alpha value is -2.18. The van der Waals surface area contributed by atoms with E-state index in [9.17, 15) is 4.79 Å². The van der Waals surface area contributed by atoms with Crippen molar-refractivity contribution >= 4 is 11.6 Å². The van der Waals surface area contributed by atoms with Gasteiger partial charge in [-0.2, -0.15) is 5.10 Å². The van der Waals surface area contributed by atoms with Crippen molar-refractivity contribution < 1.29 is 9.53 Å². The number of aromatic nitrogens is 2. The number of anilines is 1. The number of carbonyl (C=O) groups is 1. The molecule has 1 aromatic heterocycles. The van der Waals surface area contributed by atoms with E-state index in [0.717, 1.165) is 17.9 Å². The number of hydrogen-bond acceptors (Lipinski definition) is 4. The van der Waals surface area contributed by atoms with Gasteiger partial charge in [-0.05, 0) is 30.3 Å². The molecule has 0 spiro atoms. The monoisotopic (exact) mass is 272 g/mol. The van der Waals surface area contributed by atoms with Crippen LogP contribution in [-0.2, 0) is 9.53 Å². The molecular formula is C14H16N4O2. The van der Waals surface area contributed by atoms with Crippen molar-refractivity contribution in [2.45, 2.75) is 6.10 Å².